The van der Waals surface area contributed by atoms with Crippen LogP contribution in [0.15, 0.2) is 35.0 Å². The zero-order valence-electron chi connectivity index (χ0n) is 13.2. The number of aryl methyl sites for hydroxylation is 1. The summed E-state index contributed by atoms with van der Waals surface area (Å²) < 4.78 is 17.2. The van der Waals surface area contributed by atoms with E-state index in [0.717, 1.165) is 44.0 Å². The number of hydrogen-bond acceptors (Lipinski definition) is 6. The monoisotopic (exact) mass is 315 g/mol. The second-order valence-electron chi connectivity index (χ2n) is 6.20. The van der Waals surface area contributed by atoms with E-state index in [0.29, 0.717) is 11.9 Å². The molecule has 0 amide bonds. The number of pyridine rings is 1. The highest BCUT2D eigenvalue weighted by molar-refractivity contribution is 5.11. The molecule has 0 N–H and O–H groups in total. The Hall–Kier alpha value is -1.92. The molecule has 6 heteroatoms. The van der Waals surface area contributed by atoms with Crippen LogP contribution in [-0.2, 0) is 11.3 Å². The Morgan fingerprint density at radius 3 is 3.09 bits per heavy atom. The van der Waals surface area contributed by atoms with Gasteiger partial charge in [-0.1, -0.05) is 11.2 Å². The van der Waals surface area contributed by atoms with Crippen molar-refractivity contribution in [3.8, 4) is 5.88 Å². The molecule has 6 nitrogen and oxygen atoms in total. The summed E-state index contributed by atoms with van der Waals surface area (Å²) in [7, 11) is 0. The van der Waals surface area contributed by atoms with Crippen LogP contribution in [0.25, 0.3) is 0 Å². The third kappa shape index (κ3) is 3.09. The van der Waals surface area contributed by atoms with E-state index in [2.05, 4.69) is 15.0 Å². The molecule has 1 aliphatic carbocycles. The van der Waals surface area contributed by atoms with Gasteiger partial charge in [-0.15, -0.1) is 0 Å². The molecule has 0 unspecified atom stereocenters. The predicted molar refractivity (Wildman–Crippen MR) is 83.1 cm³/mol. The van der Waals surface area contributed by atoms with Gasteiger partial charge in [0.1, 0.15) is 18.0 Å². The van der Waals surface area contributed by atoms with Crippen molar-refractivity contribution in [1.82, 2.24) is 15.0 Å². The predicted octanol–water partition coefficient (Wildman–Crippen LogP) is 2.19. The Morgan fingerprint density at radius 1 is 1.35 bits per heavy atom. The summed E-state index contributed by atoms with van der Waals surface area (Å²) in [5.41, 5.74) is 0.984. The van der Waals surface area contributed by atoms with Crippen LogP contribution < -0.4 is 4.74 Å². The fraction of sp³-hybridized carbons (Fsp3) is 0.529. The number of nitrogens with zero attached hydrogens (tertiary/aromatic N) is 3. The van der Waals surface area contributed by atoms with Crippen molar-refractivity contribution in [1.29, 1.82) is 0 Å². The molecule has 2 aliphatic rings. The van der Waals surface area contributed by atoms with Gasteiger partial charge < -0.3 is 14.0 Å². The van der Waals surface area contributed by atoms with Gasteiger partial charge in [0.25, 0.3) is 0 Å². The Bertz CT molecular complexity index is 646. The first-order valence-electron chi connectivity index (χ1n) is 8.15. The zero-order chi connectivity index (χ0) is 15.6. The molecule has 23 heavy (non-hydrogen) atoms. The highest BCUT2D eigenvalue weighted by Crippen LogP contribution is 2.33. The van der Waals surface area contributed by atoms with Crippen LogP contribution in [0.3, 0.4) is 0 Å². The van der Waals surface area contributed by atoms with E-state index in [-0.39, 0.29) is 12.2 Å². The average molecular weight is 315 g/mol. The number of ether oxygens (including phenoxy) is 2. The quantitative estimate of drug-likeness (QED) is 0.862. The fourth-order valence-corrected chi connectivity index (χ4v) is 3.59. The topological polar surface area (TPSA) is 60.6 Å². The van der Waals surface area contributed by atoms with Crippen molar-refractivity contribution in [2.24, 2.45) is 0 Å². The van der Waals surface area contributed by atoms with E-state index in [1.54, 1.807) is 6.20 Å². The fourth-order valence-electron chi connectivity index (χ4n) is 3.59. The second kappa shape index (κ2) is 6.29. The standard InChI is InChI=1S/C17H21N3O3/c1-12-10-13(19-23-12)11-20-8-9-21-17-14(20)5-6-15(17)22-16-4-2-3-7-18-16/h2-4,7,10,14-15,17H,5-6,8-9,11H2,1H3/t14-,15-,17+/m0/s1. The van der Waals surface area contributed by atoms with Crippen LogP contribution in [0.1, 0.15) is 24.3 Å². The largest absolute Gasteiger partial charge is 0.472 e. The number of fused-ring (bicyclic) bond motifs is 1. The van der Waals surface area contributed by atoms with E-state index < -0.39 is 0 Å². The van der Waals surface area contributed by atoms with Gasteiger partial charge in [-0.25, -0.2) is 4.98 Å². The van der Waals surface area contributed by atoms with Gasteiger partial charge in [0, 0.05) is 37.5 Å². The Morgan fingerprint density at radius 2 is 2.30 bits per heavy atom. The van der Waals surface area contributed by atoms with E-state index in [4.69, 9.17) is 14.0 Å². The molecule has 4 rings (SSSR count). The summed E-state index contributed by atoms with van der Waals surface area (Å²) in [5, 5.41) is 4.11. The summed E-state index contributed by atoms with van der Waals surface area (Å²) >= 11 is 0. The Balaban J connectivity index is 1.43. The minimum atomic E-state index is 0.0664. The van der Waals surface area contributed by atoms with Crippen LogP contribution in [0, 0.1) is 6.92 Å². The van der Waals surface area contributed by atoms with Crippen molar-refractivity contribution >= 4 is 0 Å². The van der Waals surface area contributed by atoms with Gasteiger partial charge in [-0.3, -0.25) is 4.90 Å². The maximum Gasteiger partial charge on any atom is 0.213 e. The molecule has 2 fully saturated rings. The minimum absolute atomic E-state index is 0.0664. The highest BCUT2D eigenvalue weighted by atomic mass is 16.5. The summed E-state index contributed by atoms with van der Waals surface area (Å²) in [6.45, 7) is 4.37. The molecule has 2 aromatic rings. The van der Waals surface area contributed by atoms with E-state index in [1.807, 2.05) is 31.2 Å². The lowest BCUT2D eigenvalue weighted by Gasteiger charge is -2.38. The molecule has 1 saturated carbocycles. The van der Waals surface area contributed by atoms with Crippen molar-refractivity contribution in [3.63, 3.8) is 0 Å². The number of rotatable bonds is 4. The number of hydrogen-bond donors (Lipinski definition) is 0. The first kappa shape index (κ1) is 14.7. The van der Waals surface area contributed by atoms with Gasteiger partial charge in [-0.2, -0.15) is 0 Å². The SMILES string of the molecule is Cc1cc(CN2CCO[C@H]3[C@@H](Oc4ccccn4)CC[C@@H]32)no1. The van der Waals surface area contributed by atoms with Crippen molar-refractivity contribution in [3.05, 3.63) is 41.9 Å². The molecule has 3 heterocycles. The van der Waals surface area contributed by atoms with Crippen LogP contribution in [0.5, 0.6) is 5.88 Å². The first-order chi connectivity index (χ1) is 11.3. The van der Waals surface area contributed by atoms with Crippen molar-refractivity contribution in [2.45, 2.75) is 44.6 Å². The molecule has 1 saturated heterocycles. The highest BCUT2D eigenvalue weighted by Gasteiger charge is 2.44. The average Bonchev–Trinajstić information content (AvgIpc) is 3.16. The van der Waals surface area contributed by atoms with Gasteiger partial charge in [0.15, 0.2) is 0 Å². The molecule has 0 radical (unpaired) electrons. The summed E-state index contributed by atoms with van der Waals surface area (Å²) in [4.78, 5) is 6.69. The van der Waals surface area contributed by atoms with Crippen LogP contribution in [0.4, 0.5) is 0 Å². The molecular weight excluding hydrogens is 294 g/mol. The zero-order valence-corrected chi connectivity index (χ0v) is 13.2. The van der Waals surface area contributed by atoms with E-state index >= 15 is 0 Å². The molecule has 1 aliphatic heterocycles. The minimum Gasteiger partial charge on any atom is -0.472 e. The Kier molecular flexibility index (Phi) is 4.01. The van der Waals surface area contributed by atoms with Crippen molar-refractivity contribution < 1.29 is 14.0 Å². The lowest BCUT2D eigenvalue weighted by Crippen LogP contribution is -2.51. The number of aromatic nitrogens is 2. The van der Waals surface area contributed by atoms with Crippen LogP contribution >= 0.6 is 0 Å². The summed E-state index contributed by atoms with van der Waals surface area (Å²) in [6, 6.07) is 8.10. The molecule has 0 bridgehead atoms. The van der Waals surface area contributed by atoms with Gasteiger partial charge in [0.05, 0.1) is 12.3 Å². The normalized spacial score (nSPS) is 27.8. The molecular formula is C17H21N3O3. The molecule has 3 atom stereocenters. The second-order valence-corrected chi connectivity index (χ2v) is 6.20. The van der Waals surface area contributed by atoms with Crippen LogP contribution in [-0.4, -0.2) is 46.4 Å². The summed E-state index contributed by atoms with van der Waals surface area (Å²) in [6.07, 6.45) is 3.97. The molecule has 2 aromatic heterocycles. The van der Waals surface area contributed by atoms with Crippen LogP contribution in [0.2, 0.25) is 0 Å². The maximum absolute atomic E-state index is 6.05. The lowest BCUT2D eigenvalue weighted by atomic mass is 10.1. The van der Waals surface area contributed by atoms with Gasteiger partial charge in [-0.05, 0) is 25.8 Å². The molecule has 122 valence electrons. The maximum atomic E-state index is 6.05. The van der Waals surface area contributed by atoms with Crippen molar-refractivity contribution in [2.75, 3.05) is 13.2 Å². The van der Waals surface area contributed by atoms with Gasteiger partial charge >= 0.3 is 0 Å². The smallest absolute Gasteiger partial charge is 0.213 e. The lowest BCUT2D eigenvalue weighted by molar-refractivity contribution is -0.0926. The number of morpholine rings is 1. The third-order valence-electron chi connectivity index (χ3n) is 4.60. The Labute approximate surface area is 135 Å². The first-order valence-corrected chi connectivity index (χ1v) is 8.15. The third-order valence-corrected chi connectivity index (χ3v) is 4.60. The molecule has 0 spiro atoms. The summed E-state index contributed by atoms with van der Waals surface area (Å²) in [5.74, 6) is 1.53. The van der Waals surface area contributed by atoms with E-state index in [1.165, 1.54) is 0 Å². The molecule has 0 aromatic carbocycles. The van der Waals surface area contributed by atoms with E-state index in [9.17, 15) is 0 Å². The van der Waals surface area contributed by atoms with Gasteiger partial charge in [0.2, 0.25) is 5.88 Å².